The Morgan fingerprint density at radius 1 is 1.56 bits per heavy atom. The van der Waals surface area contributed by atoms with E-state index in [4.69, 9.17) is 0 Å². The van der Waals surface area contributed by atoms with E-state index >= 15 is 0 Å². The van der Waals surface area contributed by atoms with Crippen molar-refractivity contribution in [1.29, 1.82) is 0 Å². The zero-order chi connectivity index (χ0) is 13.0. The molecule has 2 N–H and O–H groups in total. The molecule has 1 aromatic rings. The number of aliphatic hydroxyl groups is 1. The SMILES string of the molecule is O=C(C=Cc1cccc(F)c1)NCC(O)C1CC1. The summed E-state index contributed by atoms with van der Waals surface area (Å²) < 4.78 is 12.9. The fourth-order valence-corrected chi connectivity index (χ4v) is 1.69. The van der Waals surface area contributed by atoms with Crippen LogP contribution in [-0.2, 0) is 4.79 Å². The molecule has 0 aliphatic heterocycles. The van der Waals surface area contributed by atoms with Gasteiger partial charge in [-0.15, -0.1) is 0 Å². The number of benzene rings is 1. The van der Waals surface area contributed by atoms with Crippen LogP contribution in [0.25, 0.3) is 6.08 Å². The largest absolute Gasteiger partial charge is 0.391 e. The van der Waals surface area contributed by atoms with E-state index in [9.17, 15) is 14.3 Å². The molecule has 0 radical (unpaired) electrons. The number of rotatable bonds is 5. The standard InChI is InChI=1S/C14H16FNO2/c15-12-3-1-2-10(8-12)4-7-14(18)16-9-13(17)11-5-6-11/h1-4,7-8,11,13,17H,5-6,9H2,(H,16,18). The summed E-state index contributed by atoms with van der Waals surface area (Å²) in [5, 5.41) is 12.2. The summed E-state index contributed by atoms with van der Waals surface area (Å²) in [6.07, 6.45) is 4.51. The molecule has 1 saturated carbocycles. The fourth-order valence-electron chi connectivity index (χ4n) is 1.69. The van der Waals surface area contributed by atoms with Gasteiger partial charge in [-0.25, -0.2) is 4.39 Å². The Bertz CT molecular complexity index is 455. The minimum atomic E-state index is -0.448. The molecule has 1 amide bonds. The van der Waals surface area contributed by atoms with Gasteiger partial charge in [0, 0.05) is 12.6 Å². The number of carbonyl (C=O) groups is 1. The van der Waals surface area contributed by atoms with Crippen molar-refractivity contribution in [2.45, 2.75) is 18.9 Å². The number of hydrogen-bond donors (Lipinski definition) is 2. The summed E-state index contributed by atoms with van der Waals surface area (Å²) in [5.74, 6) is -0.266. The van der Waals surface area contributed by atoms with Crippen LogP contribution in [0, 0.1) is 11.7 Å². The van der Waals surface area contributed by atoms with Gasteiger partial charge in [0.1, 0.15) is 5.82 Å². The maximum absolute atomic E-state index is 12.9. The molecule has 0 heterocycles. The first-order valence-electron chi connectivity index (χ1n) is 6.04. The Balaban J connectivity index is 1.79. The Hall–Kier alpha value is -1.68. The molecule has 4 heteroatoms. The van der Waals surface area contributed by atoms with Gasteiger partial charge in [-0.1, -0.05) is 12.1 Å². The first-order chi connectivity index (χ1) is 8.65. The van der Waals surface area contributed by atoms with E-state index < -0.39 is 6.10 Å². The van der Waals surface area contributed by atoms with Crippen LogP contribution in [-0.4, -0.2) is 23.7 Å². The molecule has 0 saturated heterocycles. The smallest absolute Gasteiger partial charge is 0.244 e. The molecule has 1 atom stereocenters. The molecule has 1 aliphatic carbocycles. The molecular formula is C14H16FNO2. The molecule has 1 unspecified atom stereocenters. The predicted octanol–water partition coefficient (Wildman–Crippen LogP) is 1.73. The van der Waals surface area contributed by atoms with Crippen molar-refractivity contribution in [2.24, 2.45) is 5.92 Å². The predicted molar refractivity (Wildman–Crippen MR) is 67.2 cm³/mol. The zero-order valence-electron chi connectivity index (χ0n) is 9.97. The lowest BCUT2D eigenvalue weighted by atomic mass is 10.2. The summed E-state index contributed by atoms with van der Waals surface area (Å²) in [6.45, 7) is 0.275. The highest BCUT2D eigenvalue weighted by molar-refractivity contribution is 5.91. The Morgan fingerprint density at radius 3 is 3.00 bits per heavy atom. The van der Waals surface area contributed by atoms with Crippen LogP contribution in [0.2, 0.25) is 0 Å². The van der Waals surface area contributed by atoms with Crippen molar-refractivity contribution in [3.8, 4) is 0 Å². The van der Waals surface area contributed by atoms with Gasteiger partial charge < -0.3 is 10.4 Å². The van der Waals surface area contributed by atoms with Gasteiger partial charge in [-0.3, -0.25) is 4.79 Å². The third-order valence-electron chi connectivity index (χ3n) is 2.93. The van der Waals surface area contributed by atoms with Crippen LogP contribution in [0.3, 0.4) is 0 Å². The van der Waals surface area contributed by atoms with E-state index in [1.165, 1.54) is 18.2 Å². The molecule has 18 heavy (non-hydrogen) atoms. The Kier molecular flexibility index (Phi) is 4.10. The molecule has 1 aliphatic rings. The first-order valence-corrected chi connectivity index (χ1v) is 6.04. The van der Waals surface area contributed by atoms with Crippen molar-refractivity contribution < 1.29 is 14.3 Å². The van der Waals surface area contributed by atoms with Gasteiger partial charge in [-0.05, 0) is 42.5 Å². The van der Waals surface area contributed by atoms with E-state index in [1.54, 1.807) is 18.2 Å². The number of amides is 1. The second kappa shape index (κ2) is 5.78. The molecule has 0 spiro atoms. The number of hydrogen-bond acceptors (Lipinski definition) is 2. The summed E-state index contributed by atoms with van der Waals surface area (Å²) >= 11 is 0. The topological polar surface area (TPSA) is 49.3 Å². The van der Waals surface area contributed by atoms with Crippen LogP contribution in [0.4, 0.5) is 4.39 Å². The third kappa shape index (κ3) is 3.96. The van der Waals surface area contributed by atoms with E-state index in [0.29, 0.717) is 11.5 Å². The molecule has 96 valence electrons. The summed E-state index contributed by atoms with van der Waals surface area (Å²) in [7, 11) is 0. The lowest BCUT2D eigenvalue weighted by Crippen LogP contribution is -2.31. The lowest BCUT2D eigenvalue weighted by Gasteiger charge is -2.08. The fraction of sp³-hybridized carbons (Fsp3) is 0.357. The summed E-state index contributed by atoms with van der Waals surface area (Å²) in [4.78, 5) is 11.4. The van der Waals surface area contributed by atoms with Crippen molar-refractivity contribution >= 4 is 12.0 Å². The van der Waals surface area contributed by atoms with Crippen LogP contribution < -0.4 is 5.32 Å². The molecule has 2 rings (SSSR count). The number of halogens is 1. The lowest BCUT2D eigenvalue weighted by molar-refractivity contribution is -0.116. The van der Waals surface area contributed by atoms with Crippen LogP contribution in [0.15, 0.2) is 30.3 Å². The van der Waals surface area contributed by atoms with Gasteiger partial charge in [0.2, 0.25) is 5.91 Å². The number of carbonyl (C=O) groups excluding carboxylic acids is 1. The average molecular weight is 249 g/mol. The highest BCUT2D eigenvalue weighted by Gasteiger charge is 2.29. The molecule has 0 bridgehead atoms. The van der Waals surface area contributed by atoms with Gasteiger partial charge in [0.15, 0.2) is 0 Å². The maximum Gasteiger partial charge on any atom is 0.244 e. The van der Waals surface area contributed by atoms with Gasteiger partial charge in [0.25, 0.3) is 0 Å². The number of nitrogens with one attached hydrogen (secondary N) is 1. The summed E-state index contributed by atoms with van der Waals surface area (Å²) in [5.41, 5.74) is 0.632. The van der Waals surface area contributed by atoms with Crippen LogP contribution >= 0.6 is 0 Å². The summed E-state index contributed by atoms with van der Waals surface area (Å²) in [6, 6.07) is 6.00. The van der Waals surface area contributed by atoms with Crippen LogP contribution in [0.5, 0.6) is 0 Å². The minimum Gasteiger partial charge on any atom is -0.391 e. The maximum atomic E-state index is 12.9. The average Bonchev–Trinajstić information content (AvgIpc) is 3.17. The first kappa shape index (κ1) is 12.8. The monoisotopic (exact) mass is 249 g/mol. The van der Waals surface area contributed by atoms with E-state index in [2.05, 4.69) is 5.32 Å². The molecular weight excluding hydrogens is 233 g/mol. The quantitative estimate of drug-likeness (QED) is 0.781. The number of aliphatic hydroxyl groups excluding tert-OH is 1. The van der Waals surface area contributed by atoms with E-state index in [-0.39, 0.29) is 18.3 Å². The highest BCUT2D eigenvalue weighted by atomic mass is 19.1. The van der Waals surface area contributed by atoms with Crippen molar-refractivity contribution in [3.63, 3.8) is 0 Å². The molecule has 0 aromatic heterocycles. The second-order valence-electron chi connectivity index (χ2n) is 4.54. The molecule has 1 fully saturated rings. The Morgan fingerprint density at radius 2 is 2.33 bits per heavy atom. The minimum absolute atomic E-state index is 0.275. The van der Waals surface area contributed by atoms with Crippen molar-refractivity contribution in [2.75, 3.05) is 6.54 Å². The Labute approximate surface area is 105 Å². The molecule has 1 aromatic carbocycles. The normalized spacial score (nSPS) is 16.8. The van der Waals surface area contributed by atoms with Gasteiger partial charge >= 0.3 is 0 Å². The zero-order valence-corrected chi connectivity index (χ0v) is 9.97. The van der Waals surface area contributed by atoms with E-state index in [1.807, 2.05) is 0 Å². The third-order valence-corrected chi connectivity index (χ3v) is 2.93. The molecule has 3 nitrogen and oxygen atoms in total. The van der Waals surface area contributed by atoms with Crippen molar-refractivity contribution in [3.05, 3.63) is 41.7 Å². The van der Waals surface area contributed by atoms with Gasteiger partial charge in [-0.2, -0.15) is 0 Å². The van der Waals surface area contributed by atoms with Gasteiger partial charge in [0.05, 0.1) is 6.10 Å². The van der Waals surface area contributed by atoms with E-state index in [0.717, 1.165) is 12.8 Å². The highest BCUT2D eigenvalue weighted by Crippen LogP contribution is 2.32. The second-order valence-corrected chi connectivity index (χ2v) is 4.54. The van der Waals surface area contributed by atoms with Crippen molar-refractivity contribution in [1.82, 2.24) is 5.32 Å². The van der Waals surface area contributed by atoms with Crippen LogP contribution in [0.1, 0.15) is 18.4 Å².